The SMILES string of the molecule is CC(CCN)N(C)C(=O)COc1ccccc1. The van der Waals surface area contributed by atoms with Gasteiger partial charge in [0, 0.05) is 13.1 Å². The van der Waals surface area contributed by atoms with E-state index in [0.29, 0.717) is 12.3 Å². The third-order valence-electron chi connectivity index (χ3n) is 2.74. The molecular weight excluding hydrogens is 216 g/mol. The van der Waals surface area contributed by atoms with Crippen LogP contribution in [0.3, 0.4) is 0 Å². The van der Waals surface area contributed by atoms with Crippen molar-refractivity contribution in [2.24, 2.45) is 5.73 Å². The van der Waals surface area contributed by atoms with Crippen molar-refractivity contribution in [1.29, 1.82) is 0 Å². The third-order valence-corrected chi connectivity index (χ3v) is 2.74. The molecule has 17 heavy (non-hydrogen) atoms. The molecule has 0 radical (unpaired) electrons. The van der Waals surface area contributed by atoms with Gasteiger partial charge in [0.15, 0.2) is 6.61 Å². The fraction of sp³-hybridized carbons (Fsp3) is 0.462. The maximum Gasteiger partial charge on any atom is 0.260 e. The Kier molecular flexibility index (Phi) is 5.49. The molecule has 1 aromatic carbocycles. The summed E-state index contributed by atoms with van der Waals surface area (Å²) in [5, 5.41) is 0. The zero-order chi connectivity index (χ0) is 12.7. The van der Waals surface area contributed by atoms with Gasteiger partial charge < -0.3 is 15.4 Å². The maximum absolute atomic E-state index is 11.8. The van der Waals surface area contributed by atoms with Gasteiger partial charge in [-0.2, -0.15) is 0 Å². The average molecular weight is 236 g/mol. The lowest BCUT2D eigenvalue weighted by Crippen LogP contribution is -2.39. The molecule has 0 fully saturated rings. The molecule has 0 aromatic heterocycles. The van der Waals surface area contributed by atoms with Crippen molar-refractivity contribution in [3.05, 3.63) is 30.3 Å². The molecule has 0 aliphatic rings. The van der Waals surface area contributed by atoms with Crippen LogP contribution in [0.5, 0.6) is 5.75 Å². The highest BCUT2D eigenvalue weighted by Gasteiger charge is 2.15. The van der Waals surface area contributed by atoms with Gasteiger partial charge in [-0.3, -0.25) is 4.79 Å². The highest BCUT2D eigenvalue weighted by Crippen LogP contribution is 2.09. The minimum Gasteiger partial charge on any atom is -0.484 e. The van der Waals surface area contributed by atoms with Gasteiger partial charge in [-0.05, 0) is 32.0 Å². The Morgan fingerprint density at radius 2 is 2.06 bits per heavy atom. The van der Waals surface area contributed by atoms with E-state index in [4.69, 9.17) is 10.5 Å². The largest absolute Gasteiger partial charge is 0.484 e. The van der Waals surface area contributed by atoms with Gasteiger partial charge in [0.25, 0.3) is 5.91 Å². The molecule has 1 amide bonds. The van der Waals surface area contributed by atoms with Gasteiger partial charge in [0.05, 0.1) is 0 Å². The number of hydrogen-bond donors (Lipinski definition) is 1. The van der Waals surface area contributed by atoms with Gasteiger partial charge in [0.2, 0.25) is 0 Å². The fourth-order valence-electron chi connectivity index (χ4n) is 1.44. The van der Waals surface area contributed by atoms with Crippen LogP contribution in [0.15, 0.2) is 30.3 Å². The highest BCUT2D eigenvalue weighted by atomic mass is 16.5. The van der Waals surface area contributed by atoms with Crippen molar-refractivity contribution in [3.8, 4) is 5.75 Å². The van der Waals surface area contributed by atoms with Crippen LogP contribution in [0.25, 0.3) is 0 Å². The molecular formula is C13H20N2O2. The number of ether oxygens (including phenoxy) is 1. The summed E-state index contributed by atoms with van der Waals surface area (Å²) in [6.07, 6.45) is 0.799. The molecule has 0 aliphatic carbocycles. The lowest BCUT2D eigenvalue weighted by Gasteiger charge is -2.24. The van der Waals surface area contributed by atoms with E-state index in [0.717, 1.165) is 6.42 Å². The van der Waals surface area contributed by atoms with Gasteiger partial charge in [-0.25, -0.2) is 0 Å². The molecule has 0 aliphatic heterocycles. The number of para-hydroxylation sites is 1. The number of amides is 1. The van der Waals surface area contributed by atoms with Crippen LogP contribution >= 0.6 is 0 Å². The van der Waals surface area contributed by atoms with E-state index in [1.54, 1.807) is 11.9 Å². The van der Waals surface area contributed by atoms with Gasteiger partial charge in [-0.15, -0.1) is 0 Å². The van der Waals surface area contributed by atoms with Crippen molar-refractivity contribution in [2.45, 2.75) is 19.4 Å². The second kappa shape index (κ2) is 6.91. The molecule has 1 unspecified atom stereocenters. The first-order valence-corrected chi connectivity index (χ1v) is 5.78. The molecule has 1 rings (SSSR count). The van der Waals surface area contributed by atoms with Crippen molar-refractivity contribution in [2.75, 3.05) is 20.2 Å². The molecule has 1 aromatic rings. The first-order valence-electron chi connectivity index (χ1n) is 5.78. The number of rotatable bonds is 6. The van der Waals surface area contributed by atoms with Crippen LogP contribution in [-0.2, 0) is 4.79 Å². The van der Waals surface area contributed by atoms with E-state index in [2.05, 4.69) is 0 Å². The maximum atomic E-state index is 11.8. The van der Waals surface area contributed by atoms with Crippen LogP contribution in [0.1, 0.15) is 13.3 Å². The Morgan fingerprint density at radius 1 is 1.41 bits per heavy atom. The van der Waals surface area contributed by atoms with Gasteiger partial charge in [-0.1, -0.05) is 18.2 Å². The molecule has 0 saturated heterocycles. The number of carbonyl (C=O) groups excluding carboxylic acids is 1. The van der Waals surface area contributed by atoms with Crippen LogP contribution in [-0.4, -0.2) is 37.0 Å². The van der Waals surface area contributed by atoms with Crippen LogP contribution in [0, 0.1) is 0 Å². The quantitative estimate of drug-likeness (QED) is 0.809. The molecule has 0 spiro atoms. The van der Waals surface area contributed by atoms with Crippen molar-refractivity contribution in [3.63, 3.8) is 0 Å². The van der Waals surface area contributed by atoms with E-state index in [9.17, 15) is 4.79 Å². The van der Waals surface area contributed by atoms with Crippen molar-refractivity contribution < 1.29 is 9.53 Å². The third kappa shape index (κ3) is 4.44. The summed E-state index contributed by atoms with van der Waals surface area (Å²) < 4.78 is 5.39. The molecule has 0 bridgehead atoms. The summed E-state index contributed by atoms with van der Waals surface area (Å²) in [6.45, 7) is 2.63. The second-order valence-electron chi connectivity index (χ2n) is 4.03. The lowest BCUT2D eigenvalue weighted by molar-refractivity contribution is -0.133. The van der Waals surface area contributed by atoms with Crippen molar-refractivity contribution in [1.82, 2.24) is 4.90 Å². The number of likely N-dealkylation sites (N-methyl/N-ethyl adjacent to an activating group) is 1. The predicted molar refractivity (Wildman–Crippen MR) is 67.8 cm³/mol. The summed E-state index contributed by atoms with van der Waals surface area (Å²) in [6, 6.07) is 9.46. The topological polar surface area (TPSA) is 55.6 Å². The van der Waals surface area contributed by atoms with Crippen LogP contribution in [0.4, 0.5) is 0 Å². The predicted octanol–water partition coefficient (Wildman–Crippen LogP) is 1.26. The molecule has 4 nitrogen and oxygen atoms in total. The Bertz CT molecular complexity index is 341. The Labute approximate surface area is 102 Å². The number of hydrogen-bond acceptors (Lipinski definition) is 3. The molecule has 1 atom stereocenters. The summed E-state index contributed by atoms with van der Waals surface area (Å²) >= 11 is 0. The van der Waals surface area contributed by atoms with Gasteiger partial charge >= 0.3 is 0 Å². The summed E-state index contributed by atoms with van der Waals surface area (Å²) in [4.78, 5) is 13.5. The Morgan fingerprint density at radius 3 is 2.65 bits per heavy atom. The van der Waals surface area contributed by atoms with E-state index in [-0.39, 0.29) is 18.6 Å². The summed E-state index contributed by atoms with van der Waals surface area (Å²) in [5.41, 5.74) is 5.46. The minimum atomic E-state index is -0.0326. The minimum absolute atomic E-state index is 0.0326. The number of nitrogens with two attached hydrogens (primary N) is 1. The van der Waals surface area contributed by atoms with E-state index >= 15 is 0 Å². The molecule has 0 heterocycles. The number of carbonyl (C=O) groups is 1. The Hall–Kier alpha value is -1.55. The zero-order valence-corrected chi connectivity index (χ0v) is 10.4. The van der Waals surface area contributed by atoms with E-state index < -0.39 is 0 Å². The molecule has 4 heteroatoms. The Balaban J connectivity index is 2.39. The molecule has 0 saturated carbocycles. The standard InChI is InChI=1S/C13H20N2O2/c1-11(8-9-14)15(2)13(16)10-17-12-6-4-3-5-7-12/h3-7,11H,8-10,14H2,1-2H3. The van der Waals surface area contributed by atoms with Crippen LogP contribution in [0.2, 0.25) is 0 Å². The smallest absolute Gasteiger partial charge is 0.260 e. The zero-order valence-electron chi connectivity index (χ0n) is 10.4. The van der Waals surface area contributed by atoms with E-state index in [1.807, 2.05) is 37.3 Å². The average Bonchev–Trinajstić information content (AvgIpc) is 2.36. The normalized spacial score (nSPS) is 11.9. The van der Waals surface area contributed by atoms with E-state index in [1.165, 1.54) is 0 Å². The van der Waals surface area contributed by atoms with Gasteiger partial charge in [0.1, 0.15) is 5.75 Å². The van der Waals surface area contributed by atoms with Crippen LogP contribution < -0.4 is 10.5 Å². The monoisotopic (exact) mass is 236 g/mol. The molecule has 2 N–H and O–H groups in total. The second-order valence-corrected chi connectivity index (χ2v) is 4.03. The molecule has 94 valence electrons. The number of benzene rings is 1. The summed E-state index contributed by atoms with van der Waals surface area (Å²) in [7, 11) is 1.77. The summed E-state index contributed by atoms with van der Waals surface area (Å²) in [5.74, 6) is 0.676. The first kappa shape index (κ1) is 13.5. The van der Waals surface area contributed by atoms with Crippen molar-refractivity contribution >= 4 is 5.91 Å². The first-order chi connectivity index (χ1) is 8.15. The number of nitrogens with zero attached hydrogens (tertiary/aromatic N) is 1. The lowest BCUT2D eigenvalue weighted by atomic mass is 10.2. The highest BCUT2D eigenvalue weighted by molar-refractivity contribution is 5.77. The fourth-order valence-corrected chi connectivity index (χ4v) is 1.44.